The second-order valence-corrected chi connectivity index (χ2v) is 8.47. The summed E-state index contributed by atoms with van der Waals surface area (Å²) in [5, 5.41) is 2.26. The number of hydrogen-bond acceptors (Lipinski definition) is 1. The zero-order chi connectivity index (χ0) is 24.1. The van der Waals surface area contributed by atoms with Crippen molar-refractivity contribution in [2.45, 2.75) is 45.4 Å². The molecule has 0 saturated heterocycles. The molecule has 0 unspecified atom stereocenters. The van der Waals surface area contributed by atoms with E-state index in [1.807, 2.05) is 18.2 Å². The van der Waals surface area contributed by atoms with Crippen LogP contribution in [0.1, 0.15) is 38.2 Å². The second kappa shape index (κ2) is 10.3. The molecule has 5 heteroatoms. The number of fused-ring (bicyclic) bond motifs is 1. The van der Waals surface area contributed by atoms with Gasteiger partial charge >= 0.3 is 6.36 Å². The fourth-order valence-electron chi connectivity index (χ4n) is 4.15. The average Bonchev–Trinajstić information content (AvgIpc) is 2.81. The summed E-state index contributed by atoms with van der Waals surface area (Å²) < 4.78 is 55.8. The van der Waals surface area contributed by atoms with Gasteiger partial charge in [0.05, 0.1) is 0 Å². The molecule has 0 N–H and O–H groups in total. The minimum Gasteiger partial charge on any atom is -0.406 e. The van der Waals surface area contributed by atoms with Crippen LogP contribution in [0.15, 0.2) is 78.9 Å². The molecule has 0 spiro atoms. The Balaban J connectivity index is 1.52. The lowest BCUT2D eigenvalue weighted by atomic mass is 9.96. The highest BCUT2D eigenvalue weighted by Gasteiger charge is 2.31. The Morgan fingerprint density at radius 2 is 1.32 bits per heavy atom. The molecule has 4 rings (SSSR count). The molecule has 34 heavy (non-hydrogen) atoms. The molecule has 176 valence electrons. The van der Waals surface area contributed by atoms with Gasteiger partial charge in [0.2, 0.25) is 0 Å². The maximum atomic E-state index is 14.9. The molecule has 0 aromatic heterocycles. The van der Waals surface area contributed by atoms with Gasteiger partial charge in [-0.2, -0.15) is 0 Å². The molecule has 0 aliphatic heterocycles. The van der Waals surface area contributed by atoms with Crippen molar-refractivity contribution in [1.82, 2.24) is 0 Å². The van der Waals surface area contributed by atoms with Crippen molar-refractivity contribution in [3.05, 3.63) is 90.2 Å². The Bertz CT molecular complexity index is 1260. The van der Waals surface area contributed by atoms with E-state index in [1.54, 1.807) is 6.07 Å². The molecule has 0 aliphatic rings. The molecule has 0 radical (unpaired) electrons. The topological polar surface area (TPSA) is 9.23 Å². The Labute approximate surface area is 197 Å². The molecule has 0 atom stereocenters. The lowest BCUT2D eigenvalue weighted by Gasteiger charge is -2.11. The summed E-state index contributed by atoms with van der Waals surface area (Å²) in [6.07, 6.45) is 1.26. The summed E-state index contributed by atoms with van der Waals surface area (Å²) in [6, 6.07) is 22.7. The Kier molecular flexibility index (Phi) is 7.20. The first-order chi connectivity index (χ1) is 16.3. The highest BCUT2D eigenvalue weighted by atomic mass is 19.4. The minimum absolute atomic E-state index is 0.316. The van der Waals surface area contributed by atoms with E-state index < -0.39 is 12.2 Å². The number of aryl methyl sites for hydroxylation is 1. The molecule has 0 heterocycles. The Morgan fingerprint density at radius 1 is 0.676 bits per heavy atom. The van der Waals surface area contributed by atoms with E-state index in [1.165, 1.54) is 61.6 Å². The molecular weight excluding hydrogens is 440 g/mol. The monoisotopic (exact) mass is 466 g/mol. The number of halogens is 4. The van der Waals surface area contributed by atoms with E-state index in [0.29, 0.717) is 11.1 Å². The quantitative estimate of drug-likeness (QED) is 0.186. The van der Waals surface area contributed by atoms with Crippen molar-refractivity contribution in [3.63, 3.8) is 0 Å². The number of unbranched alkanes of at least 4 members (excludes halogenated alkanes) is 3. The summed E-state index contributed by atoms with van der Waals surface area (Å²) in [5.41, 5.74) is 3.77. The van der Waals surface area contributed by atoms with Gasteiger partial charge in [-0.05, 0) is 70.1 Å². The van der Waals surface area contributed by atoms with Crippen LogP contribution in [0.5, 0.6) is 5.75 Å². The van der Waals surface area contributed by atoms with E-state index in [-0.39, 0.29) is 5.75 Å². The Morgan fingerprint density at radius 3 is 2.03 bits per heavy atom. The average molecular weight is 467 g/mol. The third kappa shape index (κ3) is 5.96. The molecular formula is C29H26F4O. The summed E-state index contributed by atoms with van der Waals surface area (Å²) in [4.78, 5) is 0. The SMILES string of the molecule is CCCCCCc1ccc2cc(-c3ccc(-c4ccc(OC(F)(F)F)cc4)c(F)c3)ccc2c1. The van der Waals surface area contributed by atoms with Gasteiger partial charge in [0.15, 0.2) is 0 Å². The van der Waals surface area contributed by atoms with Crippen LogP contribution in [0.4, 0.5) is 17.6 Å². The van der Waals surface area contributed by atoms with Gasteiger partial charge < -0.3 is 4.74 Å². The van der Waals surface area contributed by atoms with Crippen LogP contribution in [0.25, 0.3) is 33.0 Å². The number of alkyl halides is 3. The summed E-state index contributed by atoms with van der Waals surface area (Å²) in [5.74, 6) is -0.780. The molecule has 0 bridgehead atoms. The van der Waals surface area contributed by atoms with Crippen molar-refractivity contribution < 1.29 is 22.3 Å². The first kappa shape index (κ1) is 23.8. The highest BCUT2D eigenvalue weighted by Crippen LogP contribution is 2.32. The normalized spacial score (nSPS) is 11.7. The largest absolute Gasteiger partial charge is 0.573 e. The molecule has 0 saturated carbocycles. The second-order valence-electron chi connectivity index (χ2n) is 8.47. The maximum absolute atomic E-state index is 14.9. The predicted molar refractivity (Wildman–Crippen MR) is 129 cm³/mol. The molecule has 0 aliphatic carbocycles. The van der Waals surface area contributed by atoms with E-state index >= 15 is 0 Å². The van der Waals surface area contributed by atoms with Gasteiger partial charge in [-0.3, -0.25) is 0 Å². The molecule has 0 amide bonds. The van der Waals surface area contributed by atoms with E-state index in [2.05, 4.69) is 35.9 Å². The van der Waals surface area contributed by atoms with Crippen molar-refractivity contribution in [3.8, 4) is 28.0 Å². The Hall–Kier alpha value is -3.34. The van der Waals surface area contributed by atoms with Crippen molar-refractivity contribution >= 4 is 10.8 Å². The maximum Gasteiger partial charge on any atom is 0.573 e. The molecule has 4 aromatic carbocycles. The van der Waals surface area contributed by atoms with Gasteiger partial charge in [-0.25, -0.2) is 4.39 Å². The van der Waals surface area contributed by atoms with Gasteiger partial charge in [0.25, 0.3) is 0 Å². The van der Waals surface area contributed by atoms with E-state index in [4.69, 9.17) is 0 Å². The molecule has 1 nitrogen and oxygen atoms in total. The smallest absolute Gasteiger partial charge is 0.406 e. The van der Waals surface area contributed by atoms with Crippen LogP contribution < -0.4 is 4.74 Å². The van der Waals surface area contributed by atoms with Gasteiger partial charge in [-0.15, -0.1) is 13.2 Å². The minimum atomic E-state index is -4.76. The van der Waals surface area contributed by atoms with Crippen molar-refractivity contribution in [2.75, 3.05) is 0 Å². The number of rotatable bonds is 8. The van der Waals surface area contributed by atoms with Gasteiger partial charge in [0.1, 0.15) is 11.6 Å². The fraction of sp³-hybridized carbons (Fsp3) is 0.241. The standard InChI is InChI=1S/C29H26F4O/c1-2-3-4-5-6-20-7-8-23-18-24(10-9-22(23)17-20)25-13-16-27(28(30)19-25)21-11-14-26(15-12-21)34-29(31,32)33/h7-19H,2-6H2,1H3. The number of ether oxygens (including phenoxy) is 1. The van der Waals surface area contributed by atoms with Crippen LogP contribution in [-0.2, 0) is 6.42 Å². The summed E-state index contributed by atoms with van der Waals surface area (Å²) in [7, 11) is 0. The van der Waals surface area contributed by atoms with Crippen molar-refractivity contribution in [1.29, 1.82) is 0 Å². The lowest BCUT2D eigenvalue weighted by molar-refractivity contribution is -0.274. The van der Waals surface area contributed by atoms with Gasteiger partial charge in [0, 0.05) is 5.56 Å². The third-order valence-corrected chi connectivity index (χ3v) is 5.92. The van der Waals surface area contributed by atoms with Crippen LogP contribution in [0, 0.1) is 5.82 Å². The van der Waals surface area contributed by atoms with Crippen LogP contribution in [-0.4, -0.2) is 6.36 Å². The predicted octanol–water partition coefficient (Wildman–Crippen LogP) is 9.33. The molecule has 0 fully saturated rings. The van der Waals surface area contributed by atoms with Crippen LogP contribution in [0.2, 0.25) is 0 Å². The third-order valence-electron chi connectivity index (χ3n) is 5.92. The highest BCUT2D eigenvalue weighted by molar-refractivity contribution is 5.88. The summed E-state index contributed by atoms with van der Waals surface area (Å²) in [6.45, 7) is 2.21. The zero-order valence-corrected chi connectivity index (χ0v) is 19.0. The zero-order valence-electron chi connectivity index (χ0n) is 19.0. The number of benzene rings is 4. The number of hydrogen-bond donors (Lipinski definition) is 0. The van der Waals surface area contributed by atoms with Gasteiger partial charge in [-0.1, -0.05) is 80.8 Å². The lowest BCUT2D eigenvalue weighted by Crippen LogP contribution is -2.16. The van der Waals surface area contributed by atoms with Crippen molar-refractivity contribution in [2.24, 2.45) is 0 Å². The molecule has 4 aromatic rings. The van der Waals surface area contributed by atoms with E-state index in [0.717, 1.165) is 28.3 Å². The van der Waals surface area contributed by atoms with E-state index in [9.17, 15) is 17.6 Å². The van der Waals surface area contributed by atoms with Crippen LogP contribution in [0.3, 0.4) is 0 Å². The fourth-order valence-corrected chi connectivity index (χ4v) is 4.15. The first-order valence-corrected chi connectivity index (χ1v) is 11.5. The first-order valence-electron chi connectivity index (χ1n) is 11.5. The summed E-state index contributed by atoms with van der Waals surface area (Å²) >= 11 is 0. The van der Waals surface area contributed by atoms with Crippen LogP contribution >= 0.6 is 0 Å².